The van der Waals surface area contributed by atoms with E-state index in [0.29, 0.717) is 10.2 Å². The summed E-state index contributed by atoms with van der Waals surface area (Å²) in [5, 5.41) is 9.05. The molecule has 19 heavy (non-hydrogen) atoms. The highest BCUT2D eigenvalue weighted by molar-refractivity contribution is 7.19. The lowest BCUT2D eigenvalue weighted by atomic mass is 10.3. The molecular formula is C13H9ClN2O2S. The van der Waals surface area contributed by atoms with Crippen molar-refractivity contribution in [2.75, 3.05) is 0 Å². The van der Waals surface area contributed by atoms with Crippen LogP contribution in [-0.2, 0) is 11.3 Å². The Morgan fingerprint density at radius 2 is 2.11 bits per heavy atom. The third kappa shape index (κ3) is 2.22. The Balaban J connectivity index is 2.25. The first-order valence-corrected chi connectivity index (χ1v) is 6.77. The zero-order valence-corrected chi connectivity index (χ0v) is 11.3. The molecule has 0 spiro atoms. The van der Waals surface area contributed by atoms with Crippen molar-refractivity contribution in [2.24, 2.45) is 0 Å². The van der Waals surface area contributed by atoms with Crippen molar-refractivity contribution in [1.29, 1.82) is 0 Å². The number of carboxylic acid groups (broad SMARTS) is 1. The quantitative estimate of drug-likeness (QED) is 0.804. The molecule has 0 atom stereocenters. The fourth-order valence-electron chi connectivity index (χ4n) is 1.99. The van der Waals surface area contributed by atoms with Crippen LogP contribution in [0.3, 0.4) is 0 Å². The summed E-state index contributed by atoms with van der Waals surface area (Å²) in [5.41, 5.74) is 1.59. The fourth-order valence-corrected chi connectivity index (χ4v) is 3.04. The van der Waals surface area contributed by atoms with Crippen LogP contribution in [0.1, 0.15) is 0 Å². The number of hydrogen-bond donors (Lipinski definition) is 1. The molecule has 0 fully saturated rings. The zero-order valence-electron chi connectivity index (χ0n) is 9.71. The van der Waals surface area contributed by atoms with Gasteiger partial charge in [0.15, 0.2) is 5.82 Å². The molecule has 3 aromatic rings. The average Bonchev–Trinajstić information content (AvgIpc) is 2.94. The topological polar surface area (TPSA) is 55.1 Å². The average molecular weight is 293 g/mol. The van der Waals surface area contributed by atoms with Gasteiger partial charge < -0.3 is 9.67 Å². The van der Waals surface area contributed by atoms with Crippen molar-refractivity contribution in [3.05, 3.63) is 40.7 Å². The maximum Gasteiger partial charge on any atom is 0.323 e. The summed E-state index contributed by atoms with van der Waals surface area (Å²) in [7, 11) is 0. The minimum absolute atomic E-state index is 0.120. The SMILES string of the molecule is O=C(O)Cn1c(-c2ccc(Cl)s2)nc2ccccc21. The number of hydrogen-bond acceptors (Lipinski definition) is 3. The second kappa shape index (κ2) is 4.68. The van der Waals surface area contributed by atoms with E-state index in [9.17, 15) is 4.79 Å². The predicted molar refractivity (Wildman–Crippen MR) is 75.7 cm³/mol. The van der Waals surface area contributed by atoms with Gasteiger partial charge in [0, 0.05) is 0 Å². The van der Waals surface area contributed by atoms with E-state index in [1.54, 1.807) is 10.6 Å². The molecule has 0 aliphatic carbocycles. The van der Waals surface area contributed by atoms with Crippen LogP contribution in [-0.4, -0.2) is 20.6 Å². The standard InChI is InChI=1S/C13H9ClN2O2S/c14-11-6-5-10(19-11)13-15-8-3-1-2-4-9(8)16(13)7-12(17)18/h1-6H,7H2,(H,17,18). The van der Waals surface area contributed by atoms with Crippen molar-refractivity contribution in [1.82, 2.24) is 9.55 Å². The largest absolute Gasteiger partial charge is 0.480 e. The second-order valence-corrected chi connectivity index (χ2v) is 5.72. The number of thiophene rings is 1. The number of para-hydroxylation sites is 2. The molecule has 0 unspecified atom stereocenters. The van der Waals surface area contributed by atoms with E-state index in [0.717, 1.165) is 15.9 Å². The molecule has 2 heterocycles. The summed E-state index contributed by atoms with van der Waals surface area (Å²) < 4.78 is 2.35. The summed E-state index contributed by atoms with van der Waals surface area (Å²) in [6.45, 7) is -0.120. The lowest BCUT2D eigenvalue weighted by molar-refractivity contribution is -0.137. The number of carbonyl (C=O) groups is 1. The molecular weight excluding hydrogens is 284 g/mol. The Hall–Kier alpha value is -1.85. The molecule has 0 saturated heterocycles. The van der Waals surface area contributed by atoms with E-state index in [2.05, 4.69) is 4.98 Å². The summed E-state index contributed by atoms with van der Waals surface area (Å²) in [4.78, 5) is 16.4. The van der Waals surface area contributed by atoms with Gasteiger partial charge in [0.1, 0.15) is 6.54 Å². The van der Waals surface area contributed by atoms with Crippen molar-refractivity contribution >= 4 is 39.9 Å². The Bertz CT molecular complexity index is 763. The van der Waals surface area contributed by atoms with Crippen LogP contribution in [0, 0.1) is 0 Å². The molecule has 6 heteroatoms. The van der Waals surface area contributed by atoms with Crippen LogP contribution in [0.25, 0.3) is 21.7 Å². The van der Waals surface area contributed by atoms with E-state index in [1.807, 2.05) is 30.3 Å². The van der Waals surface area contributed by atoms with Crippen molar-refractivity contribution in [3.63, 3.8) is 0 Å². The number of fused-ring (bicyclic) bond motifs is 1. The van der Waals surface area contributed by atoms with Gasteiger partial charge in [-0.1, -0.05) is 23.7 Å². The van der Waals surface area contributed by atoms with Crippen molar-refractivity contribution in [3.8, 4) is 10.7 Å². The summed E-state index contributed by atoms with van der Waals surface area (Å²) in [5.74, 6) is -0.257. The van der Waals surface area contributed by atoms with E-state index in [1.165, 1.54) is 11.3 Å². The van der Waals surface area contributed by atoms with Crippen LogP contribution >= 0.6 is 22.9 Å². The minimum atomic E-state index is -0.896. The first-order chi connectivity index (χ1) is 9.15. The first-order valence-electron chi connectivity index (χ1n) is 5.58. The number of nitrogens with zero attached hydrogens (tertiary/aromatic N) is 2. The van der Waals surface area contributed by atoms with Gasteiger partial charge in [-0.25, -0.2) is 4.98 Å². The maximum atomic E-state index is 11.0. The van der Waals surface area contributed by atoms with Crippen LogP contribution in [0.2, 0.25) is 4.34 Å². The van der Waals surface area contributed by atoms with E-state index in [-0.39, 0.29) is 6.54 Å². The van der Waals surface area contributed by atoms with Crippen LogP contribution < -0.4 is 0 Å². The number of aliphatic carboxylic acids is 1. The number of benzene rings is 1. The first kappa shape index (κ1) is 12.2. The normalized spacial score (nSPS) is 11.0. The summed E-state index contributed by atoms with van der Waals surface area (Å²) in [6, 6.07) is 11.1. The number of carboxylic acids is 1. The van der Waals surface area contributed by atoms with Crippen molar-refractivity contribution < 1.29 is 9.90 Å². The van der Waals surface area contributed by atoms with Crippen molar-refractivity contribution in [2.45, 2.75) is 6.54 Å². The Morgan fingerprint density at radius 3 is 2.79 bits per heavy atom. The lowest BCUT2D eigenvalue weighted by Crippen LogP contribution is -2.09. The number of aromatic nitrogens is 2. The predicted octanol–water partition coefficient (Wildman–Crippen LogP) is 3.50. The van der Waals surface area contributed by atoms with E-state index < -0.39 is 5.97 Å². The maximum absolute atomic E-state index is 11.0. The molecule has 1 N–H and O–H groups in total. The molecule has 0 aliphatic heterocycles. The lowest BCUT2D eigenvalue weighted by Gasteiger charge is -2.04. The van der Waals surface area contributed by atoms with Gasteiger partial charge in [-0.15, -0.1) is 11.3 Å². The fraction of sp³-hybridized carbons (Fsp3) is 0.0769. The van der Waals surface area contributed by atoms with Gasteiger partial charge in [0.2, 0.25) is 0 Å². The highest BCUT2D eigenvalue weighted by Gasteiger charge is 2.15. The highest BCUT2D eigenvalue weighted by Crippen LogP contribution is 2.32. The molecule has 0 amide bonds. The molecule has 0 bridgehead atoms. The molecule has 0 radical (unpaired) electrons. The Labute approximate surface area is 117 Å². The van der Waals surface area contributed by atoms with Gasteiger partial charge in [0.25, 0.3) is 0 Å². The van der Waals surface area contributed by atoms with Gasteiger partial charge in [0.05, 0.1) is 20.2 Å². The molecule has 0 aliphatic rings. The van der Waals surface area contributed by atoms with Gasteiger partial charge >= 0.3 is 5.97 Å². The molecule has 1 aromatic carbocycles. The van der Waals surface area contributed by atoms with Gasteiger partial charge in [-0.05, 0) is 24.3 Å². The molecule has 2 aromatic heterocycles. The third-order valence-electron chi connectivity index (χ3n) is 2.74. The Kier molecular flexibility index (Phi) is 3.00. The van der Waals surface area contributed by atoms with E-state index >= 15 is 0 Å². The zero-order chi connectivity index (χ0) is 13.4. The third-order valence-corrected chi connectivity index (χ3v) is 3.97. The Morgan fingerprint density at radius 1 is 1.32 bits per heavy atom. The van der Waals surface area contributed by atoms with Gasteiger partial charge in [-0.3, -0.25) is 4.79 Å². The molecule has 96 valence electrons. The number of halogens is 1. The molecule has 4 nitrogen and oxygen atoms in total. The van der Waals surface area contributed by atoms with Crippen LogP contribution in [0.5, 0.6) is 0 Å². The van der Waals surface area contributed by atoms with Gasteiger partial charge in [-0.2, -0.15) is 0 Å². The van der Waals surface area contributed by atoms with E-state index in [4.69, 9.17) is 16.7 Å². The monoisotopic (exact) mass is 292 g/mol. The van der Waals surface area contributed by atoms with Crippen LogP contribution in [0.15, 0.2) is 36.4 Å². The minimum Gasteiger partial charge on any atom is -0.480 e. The smallest absolute Gasteiger partial charge is 0.323 e. The molecule has 0 saturated carbocycles. The number of imidazole rings is 1. The second-order valence-electron chi connectivity index (χ2n) is 4.01. The molecule has 3 rings (SSSR count). The highest BCUT2D eigenvalue weighted by atomic mass is 35.5. The number of rotatable bonds is 3. The summed E-state index contributed by atoms with van der Waals surface area (Å²) >= 11 is 7.32. The summed E-state index contributed by atoms with van der Waals surface area (Å²) in [6.07, 6.45) is 0. The van der Waals surface area contributed by atoms with Crippen LogP contribution in [0.4, 0.5) is 0 Å².